The van der Waals surface area contributed by atoms with Crippen LogP contribution in [0.4, 0.5) is 0 Å². The Hall–Kier alpha value is -0.570. The van der Waals surface area contributed by atoms with Crippen LogP contribution >= 0.6 is 0 Å². The van der Waals surface area contributed by atoms with E-state index < -0.39 is 0 Å². The van der Waals surface area contributed by atoms with E-state index in [1.807, 2.05) is 0 Å². The first-order valence-electron chi connectivity index (χ1n) is 8.73. The van der Waals surface area contributed by atoms with Crippen LogP contribution < -0.4 is 5.32 Å². The third kappa shape index (κ3) is 6.25. The van der Waals surface area contributed by atoms with Gasteiger partial charge in [0.25, 0.3) is 0 Å². The number of ether oxygens (including phenoxy) is 1. The molecule has 2 aliphatic carbocycles. The summed E-state index contributed by atoms with van der Waals surface area (Å²) in [6.45, 7) is 1.58. The normalized spacial score (nSPS) is 21.8. The zero-order chi connectivity index (χ0) is 14.0. The zero-order valence-corrected chi connectivity index (χ0v) is 12.9. The first-order chi connectivity index (χ1) is 9.84. The summed E-state index contributed by atoms with van der Waals surface area (Å²) in [6.07, 6.45) is 15.1. The molecule has 2 fully saturated rings. The first kappa shape index (κ1) is 15.8. The molecule has 1 amide bonds. The van der Waals surface area contributed by atoms with Crippen molar-refractivity contribution in [3.63, 3.8) is 0 Å². The molecule has 0 heterocycles. The number of carbonyl (C=O) groups is 1. The molecule has 20 heavy (non-hydrogen) atoms. The van der Waals surface area contributed by atoms with E-state index in [2.05, 4.69) is 5.32 Å². The van der Waals surface area contributed by atoms with Crippen molar-refractivity contribution in [2.45, 2.75) is 83.2 Å². The number of nitrogens with one attached hydrogen (secondary N) is 1. The van der Waals surface area contributed by atoms with Crippen LogP contribution in [0.15, 0.2) is 0 Å². The highest BCUT2D eigenvalue weighted by molar-refractivity contribution is 5.76. The lowest BCUT2D eigenvalue weighted by molar-refractivity contribution is -0.122. The number of hydrogen-bond donors (Lipinski definition) is 1. The van der Waals surface area contributed by atoms with Crippen molar-refractivity contribution >= 4 is 5.91 Å². The number of carbonyl (C=O) groups excluding carboxylic acids is 1. The van der Waals surface area contributed by atoms with Gasteiger partial charge in [-0.2, -0.15) is 0 Å². The fourth-order valence-electron chi connectivity index (χ4n) is 3.51. The Bertz CT molecular complexity index is 268. The first-order valence-corrected chi connectivity index (χ1v) is 8.73. The summed E-state index contributed by atoms with van der Waals surface area (Å²) < 4.78 is 5.86. The van der Waals surface area contributed by atoms with Crippen LogP contribution in [-0.4, -0.2) is 25.2 Å². The van der Waals surface area contributed by atoms with Crippen LogP contribution in [-0.2, 0) is 9.53 Å². The fourth-order valence-corrected chi connectivity index (χ4v) is 3.51. The minimum atomic E-state index is 0.245. The van der Waals surface area contributed by atoms with Crippen molar-refractivity contribution in [3.05, 3.63) is 0 Å². The van der Waals surface area contributed by atoms with Crippen molar-refractivity contribution in [1.82, 2.24) is 5.32 Å². The van der Waals surface area contributed by atoms with Crippen molar-refractivity contribution in [2.75, 3.05) is 13.2 Å². The largest absolute Gasteiger partial charge is 0.378 e. The lowest BCUT2D eigenvalue weighted by Crippen LogP contribution is -2.28. The van der Waals surface area contributed by atoms with E-state index in [0.717, 1.165) is 26.0 Å². The van der Waals surface area contributed by atoms with Gasteiger partial charge in [-0.05, 0) is 38.0 Å². The SMILES string of the molecule is O=C(CC1CCCCC1)NCCCOC1CCCCC1. The Balaban J connectivity index is 1.44. The summed E-state index contributed by atoms with van der Waals surface area (Å²) in [7, 11) is 0. The Kier molecular flexibility index (Phi) is 7.42. The van der Waals surface area contributed by atoms with E-state index in [-0.39, 0.29) is 5.91 Å². The van der Waals surface area contributed by atoms with Crippen molar-refractivity contribution in [1.29, 1.82) is 0 Å². The number of amides is 1. The summed E-state index contributed by atoms with van der Waals surface area (Å²) >= 11 is 0. The second-order valence-electron chi connectivity index (χ2n) is 6.54. The van der Waals surface area contributed by atoms with Crippen LogP contribution in [0.5, 0.6) is 0 Å². The van der Waals surface area contributed by atoms with Crippen molar-refractivity contribution in [3.8, 4) is 0 Å². The smallest absolute Gasteiger partial charge is 0.220 e. The second-order valence-corrected chi connectivity index (χ2v) is 6.54. The zero-order valence-electron chi connectivity index (χ0n) is 12.9. The lowest BCUT2D eigenvalue weighted by atomic mass is 9.87. The molecule has 2 aliphatic rings. The molecule has 2 rings (SSSR count). The summed E-state index contributed by atoms with van der Waals surface area (Å²) in [4.78, 5) is 11.8. The van der Waals surface area contributed by atoms with Crippen LogP contribution in [0.2, 0.25) is 0 Å². The molecule has 0 aromatic rings. The number of rotatable bonds is 7. The van der Waals surface area contributed by atoms with E-state index in [0.29, 0.717) is 12.0 Å². The third-order valence-electron chi connectivity index (χ3n) is 4.75. The minimum absolute atomic E-state index is 0.245. The van der Waals surface area contributed by atoms with Gasteiger partial charge in [-0.3, -0.25) is 4.79 Å². The maximum absolute atomic E-state index is 11.8. The molecule has 0 aromatic carbocycles. The van der Waals surface area contributed by atoms with Gasteiger partial charge < -0.3 is 10.1 Å². The molecular weight excluding hydrogens is 250 g/mol. The Labute approximate surface area is 123 Å². The lowest BCUT2D eigenvalue weighted by Gasteiger charge is -2.22. The van der Waals surface area contributed by atoms with E-state index in [1.54, 1.807) is 0 Å². The molecule has 0 saturated heterocycles. The Morgan fingerprint density at radius 3 is 2.30 bits per heavy atom. The minimum Gasteiger partial charge on any atom is -0.378 e. The van der Waals surface area contributed by atoms with Crippen molar-refractivity contribution in [2.24, 2.45) is 5.92 Å². The Morgan fingerprint density at radius 2 is 1.60 bits per heavy atom. The van der Waals surface area contributed by atoms with Gasteiger partial charge in [0, 0.05) is 19.6 Å². The average molecular weight is 281 g/mol. The topological polar surface area (TPSA) is 38.3 Å². The molecule has 0 spiro atoms. The molecular formula is C17H31NO2. The number of hydrogen-bond acceptors (Lipinski definition) is 2. The Morgan fingerprint density at radius 1 is 0.950 bits per heavy atom. The molecule has 0 atom stereocenters. The molecule has 3 heteroatoms. The van der Waals surface area contributed by atoms with Crippen LogP contribution in [0.3, 0.4) is 0 Å². The summed E-state index contributed by atoms with van der Waals surface area (Å²) in [5, 5.41) is 3.05. The van der Waals surface area contributed by atoms with Gasteiger partial charge in [0.05, 0.1) is 6.10 Å². The maximum Gasteiger partial charge on any atom is 0.220 e. The van der Waals surface area contributed by atoms with E-state index in [4.69, 9.17) is 4.74 Å². The molecule has 1 N–H and O–H groups in total. The van der Waals surface area contributed by atoms with Crippen molar-refractivity contribution < 1.29 is 9.53 Å². The maximum atomic E-state index is 11.8. The van der Waals surface area contributed by atoms with E-state index >= 15 is 0 Å². The van der Waals surface area contributed by atoms with Gasteiger partial charge in [-0.1, -0.05) is 38.5 Å². The molecule has 0 unspecified atom stereocenters. The second kappa shape index (κ2) is 9.38. The molecule has 116 valence electrons. The third-order valence-corrected chi connectivity index (χ3v) is 4.75. The average Bonchev–Trinajstić information content (AvgIpc) is 2.49. The molecule has 0 aliphatic heterocycles. The summed E-state index contributed by atoms with van der Waals surface area (Å²) in [6, 6.07) is 0. The highest BCUT2D eigenvalue weighted by Gasteiger charge is 2.17. The van der Waals surface area contributed by atoms with Gasteiger partial charge in [0.15, 0.2) is 0 Å². The van der Waals surface area contributed by atoms with Gasteiger partial charge >= 0.3 is 0 Å². The summed E-state index contributed by atoms with van der Waals surface area (Å²) in [5.74, 6) is 0.886. The van der Waals surface area contributed by atoms with Crippen LogP contribution in [0.1, 0.15) is 77.0 Å². The van der Waals surface area contributed by atoms with E-state index in [9.17, 15) is 4.79 Å². The monoisotopic (exact) mass is 281 g/mol. The highest BCUT2D eigenvalue weighted by atomic mass is 16.5. The quantitative estimate of drug-likeness (QED) is 0.721. The standard InChI is InChI=1S/C17H31NO2/c19-17(14-15-8-3-1-4-9-15)18-12-7-13-20-16-10-5-2-6-11-16/h15-16H,1-14H2,(H,18,19). The highest BCUT2D eigenvalue weighted by Crippen LogP contribution is 2.26. The fraction of sp³-hybridized carbons (Fsp3) is 0.941. The molecule has 0 bridgehead atoms. The predicted octanol–water partition coefficient (Wildman–Crippen LogP) is 3.81. The van der Waals surface area contributed by atoms with Crippen LogP contribution in [0.25, 0.3) is 0 Å². The van der Waals surface area contributed by atoms with E-state index in [1.165, 1.54) is 64.2 Å². The predicted molar refractivity (Wildman–Crippen MR) is 81.6 cm³/mol. The van der Waals surface area contributed by atoms with Gasteiger partial charge in [0.1, 0.15) is 0 Å². The van der Waals surface area contributed by atoms with Gasteiger partial charge in [-0.25, -0.2) is 0 Å². The molecule has 3 nitrogen and oxygen atoms in total. The molecule has 0 radical (unpaired) electrons. The van der Waals surface area contributed by atoms with Crippen LogP contribution in [0, 0.1) is 5.92 Å². The van der Waals surface area contributed by atoms with Gasteiger partial charge in [0.2, 0.25) is 5.91 Å². The molecule has 2 saturated carbocycles. The summed E-state index contributed by atoms with van der Waals surface area (Å²) in [5.41, 5.74) is 0. The molecule has 0 aromatic heterocycles. The van der Waals surface area contributed by atoms with Gasteiger partial charge in [-0.15, -0.1) is 0 Å².